The second-order valence-electron chi connectivity index (χ2n) is 9.40. The Balaban J connectivity index is 1.33. The third kappa shape index (κ3) is 7.64. The molecule has 0 bridgehead atoms. The Bertz CT molecular complexity index is 1260. The van der Waals surface area contributed by atoms with Crippen LogP contribution in [0.15, 0.2) is 66.9 Å². The van der Waals surface area contributed by atoms with Crippen molar-refractivity contribution in [3.63, 3.8) is 0 Å². The minimum absolute atomic E-state index is 0.0710. The smallest absolute Gasteiger partial charge is 0.267 e. The summed E-state index contributed by atoms with van der Waals surface area (Å²) in [6.45, 7) is 8.44. The minimum atomic E-state index is -0.0710. The monoisotopic (exact) mass is 498 g/mol. The number of unbranched alkanes of at least 4 members (excludes halogenated alkanes) is 2. The van der Waals surface area contributed by atoms with Crippen molar-refractivity contribution in [1.82, 2.24) is 25.2 Å². The molecule has 4 aromatic rings. The van der Waals surface area contributed by atoms with Crippen molar-refractivity contribution < 1.29 is 4.79 Å². The number of hydrogen-bond donors (Lipinski definition) is 3. The molecular weight excluding hydrogens is 460 g/mol. The summed E-state index contributed by atoms with van der Waals surface area (Å²) in [6.07, 6.45) is 7.59. The van der Waals surface area contributed by atoms with Crippen LogP contribution in [0.3, 0.4) is 0 Å². The van der Waals surface area contributed by atoms with Crippen molar-refractivity contribution in [3.8, 4) is 11.3 Å². The van der Waals surface area contributed by atoms with Crippen LogP contribution in [-0.4, -0.2) is 51.9 Å². The lowest BCUT2D eigenvalue weighted by Gasteiger charge is -2.21. The Morgan fingerprint density at radius 2 is 1.68 bits per heavy atom. The summed E-state index contributed by atoms with van der Waals surface area (Å²) < 4.78 is 0. The van der Waals surface area contributed by atoms with Crippen LogP contribution in [0.5, 0.6) is 0 Å². The van der Waals surface area contributed by atoms with Crippen LogP contribution in [-0.2, 0) is 0 Å². The molecule has 1 amide bonds. The van der Waals surface area contributed by atoms with Gasteiger partial charge < -0.3 is 20.5 Å². The molecule has 3 N–H and O–H groups in total. The van der Waals surface area contributed by atoms with Crippen LogP contribution >= 0.6 is 0 Å². The molecule has 194 valence electrons. The highest BCUT2D eigenvalue weighted by Gasteiger charge is 2.11. The number of nitrogens with one attached hydrogen (secondary N) is 3. The van der Waals surface area contributed by atoms with Gasteiger partial charge in [-0.15, -0.1) is 0 Å². The molecule has 0 saturated carbocycles. The molecule has 0 atom stereocenters. The minimum Gasteiger partial charge on any atom is -0.351 e. The second kappa shape index (κ2) is 13.6. The van der Waals surface area contributed by atoms with Crippen molar-refractivity contribution in [3.05, 3.63) is 72.6 Å². The van der Waals surface area contributed by atoms with Gasteiger partial charge in [-0.05, 0) is 69.2 Å². The third-order valence-corrected chi connectivity index (χ3v) is 6.44. The van der Waals surface area contributed by atoms with Gasteiger partial charge in [0.15, 0.2) is 0 Å². The number of aromatic amines is 1. The number of nitrogens with zero attached hydrogens (tertiary/aromatic N) is 3. The Hall–Kier alpha value is -3.71. The van der Waals surface area contributed by atoms with E-state index in [0.717, 1.165) is 53.9 Å². The largest absolute Gasteiger partial charge is 0.351 e. The van der Waals surface area contributed by atoms with Gasteiger partial charge in [-0.2, -0.15) is 0 Å². The summed E-state index contributed by atoms with van der Waals surface area (Å²) in [5.74, 6) is 0.458. The van der Waals surface area contributed by atoms with Gasteiger partial charge in [-0.3, -0.25) is 4.79 Å². The number of benzene rings is 2. The molecule has 0 aliphatic carbocycles. The Labute approximate surface area is 219 Å². The predicted molar refractivity (Wildman–Crippen MR) is 152 cm³/mol. The van der Waals surface area contributed by atoms with Crippen molar-refractivity contribution in [2.24, 2.45) is 0 Å². The average molecular weight is 499 g/mol. The number of rotatable bonds is 14. The Morgan fingerprint density at radius 1 is 0.919 bits per heavy atom. The number of H-pyrrole nitrogens is 1. The van der Waals surface area contributed by atoms with E-state index in [4.69, 9.17) is 0 Å². The highest BCUT2D eigenvalue weighted by Crippen LogP contribution is 2.23. The molecule has 0 unspecified atom stereocenters. The number of hydrogen-bond acceptors (Lipinski definition) is 5. The summed E-state index contributed by atoms with van der Waals surface area (Å²) in [5.41, 5.74) is 4.25. The number of anilines is 2. The first kappa shape index (κ1) is 26.4. The highest BCUT2D eigenvalue weighted by molar-refractivity contribution is 5.98. The summed E-state index contributed by atoms with van der Waals surface area (Å²) in [7, 11) is 0. The summed E-state index contributed by atoms with van der Waals surface area (Å²) in [5, 5.41) is 7.31. The van der Waals surface area contributed by atoms with Gasteiger partial charge in [-0.1, -0.05) is 57.0 Å². The molecular formula is C30H38N6O. The van der Waals surface area contributed by atoms with E-state index in [2.05, 4.69) is 44.3 Å². The van der Waals surface area contributed by atoms with E-state index in [9.17, 15) is 4.79 Å². The second-order valence-corrected chi connectivity index (χ2v) is 9.40. The number of carbonyl (C=O) groups excluding carboxylic acids is 1. The number of amides is 1. The Morgan fingerprint density at radius 3 is 2.43 bits per heavy atom. The van der Waals surface area contributed by atoms with E-state index in [1.54, 1.807) is 6.20 Å². The zero-order valence-corrected chi connectivity index (χ0v) is 22.0. The van der Waals surface area contributed by atoms with Crippen LogP contribution in [0.25, 0.3) is 22.2 Å². The number of fused-ring (bicyclic) bond motifs is 1. The summed E-state index contributed by atoms with van der Waals surface area (Å²) >= 11 is 0. The van der Waals surface area contributed by atoms with Gasteiger partial charge in [-0.25, -0.2) is 9.97 Å². The normalized spacial score (nSPS) is 11.2. The SMILES string of the molecule is CCCCN(CCCC)CCCNC(=O)c1cc2cc(Nc3nccc(-c4ccccc4)n3)ccc2[nH]1. The fraction of sp³-hybridized carbons (Fsp3) is 0.367. The summed E-state index contributed by atoms with van der Waals surface area (Å²) in [6, 6.07) is 19.7. The zero-order chi connectivity index (χ0) is 25.9. The summed E-state index contributed by atoms with van der Waals surface area (Å²) in [4.78, 5) is 27.5. The maximum absolute atomic E-state index is 12.8. The maximum Gasteiger partial charge on any atom is 0.267 e. The molecule has 4 rings (SSSR count). The standard InChI is InChI=1S/C30H38N6O/c1-3-5-18-36(19-6-4-2)20-10-16-31-29(37)28-22-24-21-25(13-14-26(24)34-28)33-30-32-17-15-27(35-30)23-11-8-7-9-12-23/h7-9,11-15,17,21-22,34H,3-6,10,16,18-20H2,1-2H3,(H,31,37)(H,32,33,35). The van der Waals surface area contributed by atoms with Gasteiger partial charge in [0.25, 0.3) is 5.91 Å². The van der Waals surface area contributed by atoms with Gasteiger partial charge in [0.1, 0.15) is 5.69 Å². The molecule has 37 heavy (non-hydrogen) atoms. The first-order valence-corrected chi connectivity index (χ1v) is 13.4. The molecule has 2 aromatic carbocycles. The first-order chi connectivity index (χ1) is 18.2. The van der Waals surface area contributed by atoms with Crippen LogP contribution in [0.1, 0.15) is 56.4 Å². The van der Waals surface area contributed by atoms with Crippen LogP contribution < -0.4 is 10.6 Å². The van der Waals surface area contributed by atoms with Crippen molar-refractivity contribution in [2.75, 3.05) is 31.5 Å². The van der Waals surface area contributed by atoms with Crippen LogP contribution in [0.2, 0.25) is 0 Å². The van der Waals surface area contributed by atoms with E-state index >= 15 is 0 Å². The van der Waals surface area contributed by atoms with Gasteiger partial charge in [0, 0.05) is 34.9 Å². The lowest BCUT2D eigenvalue weighted by atomic mass is 10.1. The maximum atomic E-state index is 12.8. The van der Waals surface area contributed by atoms with E-state index in [1.165, 1.54) is 25.7 Å². The number of aromatic nitrogens is 3. The van der Waals surface area contributed by atoms with Crippen LogP contribution in [0.4, 0.5) is 11.6 Å². The molecule has 7 nitrogen and oxygen atoms in total. The molecule has 7 heteroatoms. The molecule has 2 aromatic heterocycles. The average Bonchev–Trinajstić information content (AvgIpc) is 3.36. The zero-order valence-electron chi connectivity index (χ0n) is 22.0. The lowest BCUT2D eigenvalue weighted by Crippen LogP contribution is -2.31. The topological polar surface area (TPSA) is 85.9 Å². The molecule has 0 radical (unpaired) electrons. The van der Waals surface area contributed by atoms with E-state index in [0.29, 0.717) is 18.2 Å². The van der Waals surface area contributed by atoms with E-state index in [-0.39, 0.29) is 5.91 Å². The quantitative estimate of drug-likeness (QED) is 0.175. The Kier molecular flexibility index (Phi) is 9.66. The molecule has 0 fully saturated rings. The highest BCUT2D eigenvalue weighted by atomic mass is 16.1. The van der Waals surface area contributed by atoms with Crippen molar-refractivity contribution in [1.29, 1.82) is 0 Å². The number of carbonyl (C=O) groups is 1. The predicted octanol–water partition coefficient (Wildman–Crippen LogP) is 6.39. The van der Waals surface area contributed by atoms with E-state index < -0.39 is 0 Å². The molecule has 0 aliphatic heterocycles. The van der Waals surface area contributed by atoms with Crippen molar-refractivity contribution >= 4 is 28.4 Å². The van der Waals surface area contributed by atoms with Gasteiger partial charge in [0.05, 0.1) is 5.69 Å². The fourth-order valence-electron chi connectivity index (χ4n) is 4.35. The van der Waals surface area contributed by atoms with Crippen LogP contribution in [0, 0.1) is 0 Å². The molecule has 0 spiro atoms. The third-order valence-electron chi connectivity index (χ3n) is 6.44. The molecule has 0 saturated heterocycles. The van der Waals surface area contributed by atoms with Gasteiger partial charge in [0.2, 0.25) is 5.95 Å². The van der Waals surface area contributed by atoms with E-state index in [1.807, 2.05) is 60.7 Å². The van der Waals surface area contributed by atoms with Gasteiger partial charge >= 0.3 is 0 Å². The fourth-order valence-corrected chi connectivity index (χ4v) is 4.35. The lowest BCUT2D eigenvalue weighted by molar-refractivity contribution is 0.0947. The molecule has 0 aliphatic rings. The molecule has 2 heterocycles. The van der Waals surface area contributed by atoms with Crippen molar-refractivity contribution in [2.45, 2.75) is 46.0 Å². The first-order valence-electron chi connectivity index (χ1n) is 13.4.